The second-order valence-corrected chi connectivity index (χ2v) is 6.28. The SMILES string of the molecule is CC(OC(=O)c1ccc2nc(N)sc2c1)C(=O)N1CCOCC1. The Hall–Kier alpha value is -2.19. The highest BCUT2D eigenvalue weighted by atomic mass is 32.1. The van der Waals surface area contributed by atoms with E-state index < -0.39 is 12.1 Å². The number of morpholine rings is 1. The van der Waals surface area contributed by atoms with Crippen LogP contribution in [0.3, 0.4) is 0 Å². The van der Waals surface area contributed by atoms with E-state index in [9.17, 15) is 9.59 Å². The standard InChI is InChI=1S/C15H17N3O4S/c1-9(13(19)18-4-6-21-7-5-18)22-14(20)10-2-3-11-12(8-10)23-15(16)17-11/h2-3,8-9H,4-7H2,1H3,(H2,16,17). The topological polar surface area (TPSA) is 94.8 Å². The van der Waals surface area contributed by atoms with Gasteiger partial charge in [-0.25, -0.2) is 9.78 Å². The highest BCUT2D eigenvalue weighted by Crippen LogP contribution is 2.25. The van der Waals surface area contributed by atoms with Gasteiger partial charge in [-0.05, 0) is 25.1 Å². The van der Waals surface area contributed by atoms with Crippen LogP contribution in [0.5, 0.6) is 0 Å². The summed E-state index contributed by atoms with van der Waals surface area (Å²) in [6, 6.07) is 5.01. The number of nitrogens with zero attached hydrogens (tertiary/aromatic N) is 2. The number of rotatable bonds is 3. The molecule has 1 unspecified atom stereocenters. The van der Waals surface area contributed by atoms with E-state index >= 15 is 0 Å². The monoisotopic (exact) mass is 335 g/mol. The molecule has 2 heterocycles. The summed E-state index contributed by atoms with van der Waals surface area (Å²) in [6.45, 7) is 3.64. The van der Waals surface area contributed by atoms with Crippen LogP contribution < -0.4 is 5.73 Å². The number of fused-ring (bicyclic) bond motifs is 1. The summed E-state index contributed by atoms with van der Waals surface area (Å²) in [5, 5.41) is 0.446. The number of esters is 1. The van der Waals surface area contributed by atoms with Crippen molar-refractivity contribution in [1.29, 1.82) is 0 Å². The molecule has 1 aromatic heterocycles. The number of hydrogen-bond acceptors (Lipinski definition) is 7. The fourth-order valence-corrected chi connectivity index (χ4v) is 3.16. The molecule has 8 heteroatoms. The third kappa shape index (κ3) is 3.43. The van der Waals surface area contributed by atoms with Gasteiger partial charge in [-0.15, -0.1) is 0 Å². The van der Waals surface area contributed by atoms with Gasteiger partial charge in [-0.2, -0.15) is 0 Å². The van der Waals surface area contributed by atoms with Gasteiger partial charge >= 0.3 is 5.97 Å². The van der Waals surface area contributed by atoms with Crippen molar-refractivity contribution in [2.24, 2.45) is 0 Å². The molecule has 3 rings (SSSR count). The normalized spacial score (nSPS) is 16.3. The Bertz CT molecular complexity index is 739. The van der Waals surface area contributed by atoms with Gasteiger partial charge in [0.2, 0.25) is 0 Å². The van der Waals surface area contributed by atoms with E-state index in [1.54, 1.807) is 30.0 Å². The minimum Gasteiger partial charge on any atom is -0.449 e. The first kappa shape index (κ1) is 15.7. The zero-order chi connectivity index (χ0) is 16.4. The first-order valence-electron chi connectivity index (χ1n) is 7.28. The lowest BCUT2D eigenvalue weighted by Crippen LogP contribution is -2.46. The Kier molecular flexibility index (Phi) is 4.44. The van der Waals surface area contributed by atoms with Crippen molar-refractivity contribution in [2.45, 2.75) is 13.0 Å². The van der Waals surface area contributed by atoms with Crippen LogP contribution in [-0.4, -0.2) is 54.2 Å². The summed E-state index contributed by atoms with van der Waals surface area (Å²) >= 11 is 1.30. The fourth-order valence-electron chi connectivity index (χ4n) is 2.39. The zero-order valence-electron chi connectivity index (χ0n) is 12.7. The van der Waals surface area contributed by atoms with Gasteiger partial charge in [-0.3, -0.25) is 4.79 Å². The number of amides is 1. The Balaban J connectivity index is 1.67. The number of carbonyl (C=O) groups excluding carboxylic acids is 2. The number of nitrogen functional groups attached to an aromatic ring is 1. The van der Waals surface area contributed by atoms with Crippen molar-refractivity contribution in [3.05, 3.63) is 23.8 Å². The summed E-state index contributed by atoms with van der Waals surface area (Å²) in [4.78, 5) is 30.3. The summed E-state index contributed by atoms with van der Waals surface area (Å²) in [5.41, 5.74) is 6.77. The number of carbonyl (C=O) groups is 2. The second kappa shape index (κ2) is 6.51. The molecule has 1 amide bonds. The quantitative estimate of drug-likeness (QED) is 0.849. The van der Waals surface area contributed by atoms with Crippen LogP contribution in [0.25, 0.3) is 10.2 Å². The predicted molar refractivity (Wildman–Crippen MR) is 86.3 cm³/mol. The molecule has 2 N–H and O–H groups in total. The van der Waals surface area contributed by atoms with Crippen LogP contribution in [0.1, 0.15) is 17.3 Å². The highest BCUT2D eigenvalue weighted by Gasteiger charge is 2.25. The number of thiazole rings is 1. The van der Waals surface area contributed by atoms with Crippen molar-refractivity contribution < 1.29 is 19.1 Å². The molecule has 2 aromatic rings. The van der Waals surface area contributed by atoms with E-state index in [0.717, 1.165) is 10.2 Å². The van der Waals surface area contributed by atoms with Crippen molar-refractivity contribution >= 4 is 38.6 Å². The maximum absolute atomic E-state index is 12.2. The van der Waals surface area contributed by atoms with Crippen LogP contribution >= 0.6 is 11.3 Å². The first-order valence-corrected chi connectivity index (χ1v) is 8.10. The van der Waals surface area contributed by atoms with E-state index in [1.165, 1.54) is 11.3 Å². The van der Waals surface area contributed by atoms with Crippen LogP contribution in [0.4, 0.5) is 5.13 Å². The van der Waals surface area contributed by atoms with Gasteiger partial charge in [0.1, 0.15) is 0 Å². The minimum atomic E-state index is -0.831. The lowest BCUT2D eigenvalue weighted by molar-refractivity contribution is -0.143. The summed E-state index contributed by atoms with van der Waals surface area (Å²) in [5.74, 6) is -0.738. The van der Waals surface area contributed by atoms with Crippen molar-refractivity contribution in [3.8, 4) is 0 Å². The molecular formula is C15H17N3O4S. The molecular weight excluding hydrogens is 318 g/mol. The molecule has 0 radical (unpaired) electrons. The van der Waals surface area contributed by atoms with Gasteiger partial charge in [0, 0.05) is 13.1 Å². The molecule has 7 nitrogen and oxygen atoms in total. The Morgan fingerprint density at radius 2 is 2.13 bits per heavy atom. The van der Waals surface area contributed by atoms with E-state index in [1.807, 2.05) is 0 Å². The number of hydrogen-bond donors (Lipinski definition) is 1. The van der Waals surface area contributed by atoms with E-state index in [4.69, 9.17) is 15.2 Å². The molecule has 1 fully saturated rings. The average Bonchev–Trinajstić information content (AvgIpc) is 2.93. The largest absolute Gasteiger partial charge is 0.449 e. The second-order valence-electron chi connectivity index (χ2n) is 5.22. The summed E-state index contributed by atoms with van der Waals surface area (Å²) < 4.78 is 11.3. The maximum Gasteiger partial charge on any atom is 0.338 e. The molecule has 1 aliphatic heterocycles. The molecule has 23 heavy (non-hydrogen) atoms. The molecule has 0 aliphatic carbocycles. The van der Waals surface area contributed by atoms with Gasteiger partial charge in [0.15, 0.2) is 11.2 Å². The van der Waals surface area contributed by atoms with Crippen LogP contribution in [0.15, 0.2) is 18.2 Å². The predicted octanol–water partition coefficient (Wildman–Crippen LogP) is 1.28. The van der Waals surface area contributed by atoms with Gasteiger partial charge in [-0.1, -0.05) is 11.3 Å². The number of nitrogens with two attached hydrogens (primary N) is 1. The van der Waals surface area contributed by atoms with E-state index in [2.05, 4.69) is 4.98 Å². The Morgan fingerprint density at radius 3 is 2.87 bits per heavy atom. The molecule has 1 aliphatic rings. The van der Waals surface area contributed by atoms with Crippen LogP contribution in [0, 0.1) is 0 Å². The van der Waals surface area contributed by atoms with Gasteiger partial charge < -0.3 is 20.1 Å². The van der Waals surface area contributed by atoms with E-state index in [0.29, 0.717) is 37.0 Å². The first-order chi connectivity index (χ1) is 11.0. The lowest BCUT2D eigenvalue weighted by Gasteiger charge is -2.28. The van der Waals surface area contributed by atoms with E-state index in [-0.39, 0.29) is 5.91 Å². The smallest absolute Gasteiger partial charge is 0.338 e. The van der Waals surface area contributed by atoms with Crippen LogP contribution in [0.2, 0.25) is 0 Å². The molecule has 122 valence electrons. The number of anilines is 1. The summed E-state index contributed by atoms with van der Waals surface area (Å²) in [6.07, 6.45) is -0.831. The molecule has 1 aromatic carbocycles. The molecule has 1 atom stereocenters. The maximum atomic E-state index is 12.2. The third-order valence-electron chi connectivity index (χ3n) is 3.60. The zero-order valence-corrected chi connectivity index (χ0v) is 13.5. The van der Waals surface area contributed by atoms with Gasteiger partial charge in [0.05, 0.1) is 29.0 Å². The number of ether oxygens (including phenoxy) is 2. The molecule has 0 saturated carbocycles. The van der Waals surface area contributed by atoms with Crippen molar-refractivity contribution in [1.82, 2.24) is 9.88 Å². The summed E-state index contributed by atoms with van der Waals surface area (Å²) in [7, 11) is 0. The number of benzene rings is 1. The minimum absolute atomic E-state index is 0.204. The average molecular weight is 335 g/mol. The third-order valence-corrected chi connectivity index (χ3v) is 4.44. The molecule has 1 saturated heterocycles. The lowest BCUT2D eigenvalue weighted by atomic mass is 10.2. The van der Waals surface area contributed by atoms with Gasteiger partial charge in [0.25, 0.3) is 5.91 Å². The van der Waals surface area contributed by atoms with Crippen molar-refractivity contribution in [2.75, 3.05) is 32.0 Å². The molecule has 0 bridgehead atoms. The Morgan fingerprint density at radius 1 is 1.39 bits per heavy atom. The highest BCUT2D eigenvalue weighted by molar-refractivity contribution is 7.22. The van der Waals surface area contributed by atoms with Crippen molar-refractivity contribution in [3.63, 3.8) is 0 Å². The van der Waals surface area contributed by atoms with Crippen LogP contribution in [-0.2, 0) is 14.3 Å². The molecule has 0 spiro atoms. The fraction of sp³-hybridized carbons (Fsp3) is 0.400. The number of aromatic nitrogens is 1. The Labute approximate surface area is 137 Å².